The topological polar surface area (TPSA) is 69.6 Å². The molecule has 0 aliphatic carbocycles. The molecular weight excluding hydrogens is 268 g/mol. The van der Waals surface area contributed by atoms with E-state index in [1.54, 1.807) is 4.90 Å². The zero-order valence-electron chi connectivity index (χ0n) is 12.0. The number of fused-ring (bicyclic) bond motifs is 1. The Bertz CT molecular complexity index is 571. The lowest BCUT2D eigenvalue weighted by Gasteiger charge is -2.32. The van der Waals surface area contributed by atoms with E-state index in [1.807, 2.05) is 12.1 Å². The van der Waals surface area contributed by atoms with Crippen LogP contribution in [-0.4, -0.2) is 41.5 Å². The molecule has 1 amide bonds. The van der Waals surface area contributed by atoms with Gasteiger partial charge in [0.2, 0.25) is 0 Å². The fourth-order valence-electron chi connectivity index (χ4n) is 3.27. The van der Waals surface area contributed by atoms with Crippen molar-refractivity contribution in [1.29, 1.82) is 0 Å². The summed E-state index contributed by atoms with van der Waals surface area (Å²) in [5, 5.41) is 12.5. The highest BCUT2D eigenvalue weighted by Crippen LogP contribution is 2.23. The Labute approximate surface area is 123 Å². The largest absolute Gasteiger partial charge is 0.481 e. The third kappa shape index (κ3) is 2.78. The summed E-state index contributed by atoms with van der Waals surface area (Å²) >= 11 is 0. The molecule has 2 aliphatic rings. The summed E-state index contributed by atoms with van der Waals surface area (Å²) in [4.78, 5) is 25.6. The molecule has 1 aromatic rings. The third-order valence-corrected chi connectivity index (χ3v) is 4.43. The molecule has 0 bridgehead atoms. The fraction of sp³-hybridized carbons (Fsp3) is 0.500. The first-order chi connectivity index (χ1) is 10.2. The molecule has 1 unspecified atom stereocenters. The summed E-state index contributed by atoms with van der Waals surface area (Å²) in [5.74, 6) is -1.24. The van der Waals surface area contributed by atoms with Gasteiger partial charge in [-0.05, 0) is 43.0 Å². The first-order valence-electron chi connectivity index (χ1n) is 7.50. The van der Waals surface area contributed by atoms with Gasteiger partial charge < -0.3 is 15.3 Å². The van der Waals surface area contributed by atoms with Crippen LogP contribution in [0.5, 0.6) is 0 Å². The van der Waals surface area contributed by atoms with Gasteiger partial charge >= 0.3 is 5.97 Å². The number of rotatable bonds is 2. The van der Waals surface area contributed by atoms with Crippen LogP contribution in [0.25, 0.3) is 0 Å². The Hall–Kier alpha value is -1.88. The summed E-state index contributed by atoms with van der Waals surface area (Å²) in [6.45, 7) is 2.67. The Morgan fingerprint density at radius 2 is 2.19 bits per heavy atom. The first-order valence-corrected chi connectivity index (χ1v) is 7.50. The minimum atomic E-state index is -0.799. The molecule has 1 atom stereocenters. The fourth-order valence-corrected chi connectivity index (χ4v) is 3.27. The van der Waals surface area contributed by atoms with Crippen LogP contribution >= 0.6 is 0 Å². The molecule has 2 aliphatic heterocycles. The highest BCUT2D eigenvalue weighted by molar-refractivity contribution is 5.96. The number of carboxylic acid groups (broad SMARTS) is 1. The molecular formula is C16H20N2O3. The van der Waals surface area contributed by atoms with Crippen LogP contribution in [0.3, 0.4) is 0 Å². The van der Waals surface area contributed by atoms with E-state index in [4.69, 9.17) is 5.11 Å². The van der Waals surface area contributed by atoms with Crippen molar-refractivity contribution in [2.75, 3.05) is 19.6 Å². The van der Waals surface area contributed by atoms with Gasteiger partial charge in [-0.1, -0.05) is 12.1 Å². The van der Waals surface area contributed by atoms with E-state index in [2.05, 4.69) is 11.4 Å². The number of aliphatic carboxylic acids is 1. The maximum atomic E-state index is 12.8. The molecule has 3 rings (SSSR count). The maximum Gasteiger partial charge on any atom is 0.308 e. The van der Waals surface area contributed by atoms with Gasteiger partial charge in [-0.3, -0.25) is 9.59 Å². The average molecular weight is 288 g/mol. The molecule has 21 heavy (non-hydrogen) atoms. The molecule has 2 N–H and O–H groups in total. The van der Waals surface area contributed by atoms with Crippen molar-refractivity contribution in [3.63, 3.8) is 0 Å². The van der Waals surface area contributed by atoms with Crippen LogP contribution < -0.4 is 5.32 Å². The van der Waals surface area contributed by atoms with Crippen molar-refractivity contribution in [1.82, 2.24) is 10.2 Å². The number of nitrogens with one attached hydrogen (secondary N) is 1. The number of hydrogen-bond acceptors (Lipinski definition) is 3. The van der Waals surface area contributed by atoms with Crippen molar-refractivity contribution >= 4 is 11.9 Å². The highest BCUT2D eigenvalue weighted by Gasteiger charge is 2.30. The van der Waals surface area contributed by atoms with Crippen LogP contribution in [0.1, 0.15) is 34.3 Å². The SMILES string of the molecule is O=C(O)C1CCCN(C(=O)c2cccc3c2CCNC3)C1. The lowest BCUT2D eigenvalue weighted by Crippen LogP contribution is -2.43. The van der Waals surface area contributed by atoms with Gasteiger partial charge in [0.15, 0.2) is 0 Å². The van der Waals surface area contributed by atoms with Gasteiger partial charge in [0, 0.05) is 25.2 Å². The van der Waals surface area contributed by atoms with E-state index < -0.39 is 11.9 Å². The molecule has 0 aromatic heterocycles. The number of hydrogen-bond donors (Lipinski definition) is 2. The van der Waals surface area contributed by atoms with Crippen LogP contribution in [0, 0.1) is 5.92 Å². The van der Waals surface area contributed by atoms with E-state index >= 15 is 0 Å². The predicted octanol–water partition coefficient (Wildman–Crippen LogP) is 1.27. The molecule has 1 fully saturated rings. The van der Waals surface area contributed by atoms with E-state index in [1.165, 1.54) is 5.56 Å². The number of likely N-dealkylation sites (tertiary alicyclic amines) is 1. The van der Waals surface area contributed by atoms with Gasteiger partial charge in [0.1, 0.15) is 0 Å². The van der Waals surface area contributed by atoms with E-state index in [0.29, 0.717) is 19.5 Å². The average Bonchev–Trinajstić information content (AvgIpc) is 2.53. The van der Waals surface area contributed by atoms with E-state index in [-0.39, 0.29) is 5.91 Å². The standard InChI is InChI=1S/C16H20N2O3/c19-15(18-8-2-4-12(10-18)16(20)21)14-5-1-3-11-9-17-7-6-13(11)14/h1,3,5,12,17H,2,4,6-10H2,(H,20,21). The summed E-state index contributed by atoms with van der Waals surface area (Å²) in [5.41, 5.74) is 3.05. The zero-order chi connectivity index (χ0) is 14.8. The van der Waals surface area contributed by atoms with Gasteiger partial charge in [-0.25, -0.2) is 0 Å². The van der Waals surface area contributed by atoms with Crippen LogP contribution in [-0.2, 0) is 17.8 Å². The van der Waals surface area contributed by atoms with Crippen molar-refractivity contribution in [2.24, 2.45) is 5.92 Å². The van der Waals surface area contributed by atoms with Gasteiger partial charge in [0.05, 0.1) is 5.92 Å². The molecule has 0 saturated carbocycles. The lowest BCUT2D eigenvalue weighted by molar-refractivity contribution is -0.143. The van der Waals surface area contributed by atoms with Gasteiger partial charge in [-0.2, -0.15) is 0 Å². The number of piperidine rings is 1. The van der Waals surface area contributed by atoms with E-state index in [0.717, 1.165) is 37.1 Å². The smallest absolute Gasteiger partial charge is 0.308 e. The Morgan fingerprint density at radius 1 is 1.33 bits per heavy atom. The summed E-state index contributed by atoms with van der Waals surface area (Å²) in [7, 11) is 0. The van der Waals surface area contributed by atoms with Gasteiger partial charge in [-0.15, -0.1) is 0 Å². The first kappa shape index (κ1) is 14.1. The normalized spacial score (nSPS) is 21.7. The monoisotopic (exact) mass is 288 g/mol. The minimum absolute atomic E-state index is 0.0142. The molecule has 2 heterocycles. The van der Waals surface area contributed by atoms with Crippen molar-refractivity contribution in [3.05, 3.63) is 34.9 Å². The number of carbonyl (C=O) groups excluding carboxylic acids is 1. The molecule has 0 radical (unpaired) electrons. The lowest BCUT2D eigenvalue weighted by atomic mass is 9.93. The molecule has 0 spiro atoms. The van der Waals surface area contributed by atoms with Crippen molar-refractivity contribution in [3.8, 4) is 0 Å². The minimum Gasteiger partial charge on any atom is -0.481 e. The predicted molar refractivity (Wildman–Crippen MR) is 78.1 cm³/mol. The molecule has 1 saturated heterocycles. The van der Waals surface area contributed by atoms with Gasteiger partial charge in [0.25, 0.3) is 5.91 Å². The quantitative estimate of drug-likeness (QED) is 0.860. The number of amides is 1. The number of nitrogens with zero attached hydrogens (tertiary/aromatic N) is 1. The Kier molecular flexibility index (Phi) is 3.92. The molecule has 112 valence electrons. The summed E-state index contributed by atoms with van der Waals surface area (Å²) in [6, 6.07) is 5.84. The van der Waals surface area contributed by atoms with Crippen LogP contribution in [0.15, 0.2) is 18.2 Å². The van der Waals surface area contributed by atoms with Crippen LogP contribution in [0.4, 0.5) is 0 Å². The Balaban J connectivity index is 1.83. The number of carboxylic acids is 1. The summed E-state index contributed by atoms with van der Waals surface area (Å²) < 4.78 is 0. The van der Waals surface area contributed by atoms with E-state index in [9.17, 15) is 9.59 Å². The maximum absolute atomic E-state index is 12.8. The zero-order valence-corrected chi connectivity index (χ0v) is 12.0. The van der Waals surface area contributed by atoms with Crippen molar-refractivity contribution < 1.29 is 14.7 Å². The Morgan fingerprint density at radius 3 is 3.00 bits per heavy atom. The summed E-state index contributed by atoms with van der Waals surface area (Å²) in [6.07, 6.45) is 2.28. The molecule has 1 aromatic carbocycles. The second kappa shape index (κ2) is 5.85. The molecule has 5 nitrogen and oxygen atoms in total. The molecule has 5 heteroatoms. The van der Waals surface area contributed by atoms with Crippen LogP contribution in [0.2, 0.25) is 0 Å². The number of benzene rings is 1. The highest BCUT2D eigenvalue weighted by atomic mass is 16.4. The van der Waals surface area contributed by atoms with Crippen molar-refractivity contribution in [2.45, 2.75) is 25.8 Å². The second-order valence-electron chi connectivity index (χ2n) is 5.80. The third-order valence-electron chi connectivity index (χ3n) is 4.43. The second-order valence-corrected chi connectivity index (χ2v) is 5.80. The number of carbonyl (C=O) groups is 2.